The van der Waals surface area contributed by atoms with Crippen molar-refractivity contribution in [3.63, 3.8) is 0 Å². The average Bonchev–Trinajstić information content (AvgIpc) is 2.36. The Balaban J connectivity index is 2.76. The minimum Gasteiger partial charge on any atom is -0.465 e. The molecule has 0 aliphatic carbocycles. The lowest BCUT2D eigenvalue weighted by Gasteiger charge is -2.12. The van der Waals surface area contributed by atoms with Gasteiger partial charge in [-0.3, -0.25) is 0 Å². The number of hydrogen-bond donors (Lipinski definition) is 2. The van der Waals surface area contributed by atoms with E-state index in [1.807, 2.05) is 6.07 Å². The Labute approximate surface area is 106 Å². The Morgan fingerprint density at radius 2 is 2.12 bits per heavy atom. The lowest BCUT2D eigenvalue weighted by molar-refractivity contribution is 0.0602. The van der Waals surface area contributed by atoms with Gasteiger partial charge in [0.05, 0.1) is 18.4 Å². The highest BCUT2D eigenvalue weighted by molar-refractivity contribution is 7.80. The van der Waals surface area contributed by atoms with E-state index in [2.05, 4.69) is 17.6 Å². The average molecular weight is 252 g/mol. The number of esters is 1. The molecular weight excluding hydrogens is 236 g/mol. The molecule has 0 heterocycles. The molecule has 2 N–H and O–H groups in total. The minimum absolute atomic E-state index is 0.383. The molecule has 0 amide bonds. The molecule has 0 aliphatic heterocycles. The van der Waals surface area contributed by atoms with Crippen LogP contribution in [0.4, 0.5) is 5.69 Å². The number of methoxy groups -OCH3 is 1. The van der Waals surface area contributed by atoms with Crippen molar-refractivity contribution in [2.75, 3.05) is 19.0 Å². The molecule has 1 aromatic carbocycles. The Kier molecular flexibility index (Phi) is 5.42. The molecule has 1 rings (SSSR count). The standard InChI is InChI=1S/C12H16N2O2S/c1-3-8-13-12(17)14-10-7-5-4-6-9(10)11(15)16-2/h4-7H,3,8H2,1-2H3,(H2,13,14,17). The fourth-order valence-corrected chi connectivity index (χ4v) is 1.50. The summed E-state index contributed by atoms with van der Waals surface area (Å²) < 4.78 is 4.70. The molecule has 0 radical (unpaired) electrons. The van der Waals surface area contributed by atoms with E-state index in [-0.39, 0.29) is 5.97 Å². The van der Waals surface area contributed by atoms with Gasteiger partial charge < -0.3 is 15.4 Å². The van der Waals surface area contributed by atoms with E-state index in [1.54, 1.807) is 18.2 Å². The highest BCUT2D eigenvalue weighted by Gasteiger charge is 2.11. The normalized spacial score (nSPS) is 9.53. The summed E-state index contributed by atoms with van der Waals surface area (Å²) in [6.45, 7) is 2.85. The SMILES string of the molecule is CCCNC(=S)Nc1ccccc1C(=O)OC. The molecule has 1 aromatic rings. The van der Waals surface area contributed by atoms with E-state index >= 15 is 0 Å². The van der Waals surface area contributed by atoms with Crippen LogP contribution in [0.25, 0.3) is 0 Å². The van der Waals surface area contributed by atoms with E-state index in [4.69, 9.17) is 17.0 Å². The smallest absolute Gasteiger partial charge is 0.339 e. The van der Waals surface area contributed by atoms with Crippen molar-refractivity contribution >= 4 is 29.0 Å². The van der Waals surface area contributed by atoms with Crippen LogP contribution in [-0.4, -0.2) is 24.7 Å². The first kappa shape index (κ1) is 13.4. The van der Waals surface area contributed by atoms with Crippen molar-refractivity contribution in [3.8, 4) is 0 Å². The zero-order valence-electron chi connectivity index (χ0n) is 9.95. The van der Waals surface area contributed by atoms with Crippen LogP contribution < -0.4 is 10.6 Å². The third-order valence-electron chi connectivity index (χ3n) is 2.12. The molecule has 0 atom stereocenters. The molecule has 0 saturated heterocycles. The van der Waals surface area contributed by atoms with Gasteiger partial charge in [0.15, 0.2) is 5.11 Å². The van der Waals surface area contributed by atoms with Crippen LogP contribution in [0.1, 0.15) is 23.7 Å². The van der Waals surface area contributed by atoms with E-state index in [1.165, 1.54) is 7.11 Å². The summed E-state index contributed by atoms with van der Waals surface area (Å²) in [5.74, 6) is -0.383. The molecule has 0 spiro atoms. The van der Waals surface area contributed by atoms with Crippen LogP contribution in [0.3, 0.4) is 0 Å². The number of benzene rings is 1. The first-order valence-electron chi connectivity index (χ1n) is 5.41. The van der Waals surface area contributed by atoms with E-state index < -0.39 is 0 Å². The maximum Gasteiger partial charge on any atom is 0.339 e. The molecule has 0 saturated carbocycles. The highest BCUT2D eigenvalue weighted by Crippen LogP contribution is 2.15. The number of hydrogen-bond acceptors (Lipinski definition) is 3. The Morgan fingerprint density at radius 1 is 1.41 bits per heavy atom. The van der Waals surface area contributed by atoms with Crippen molar-refractivity contribution < 1.29 is 9.53 Å². The monoisotopic (exact) mass is 252 g/mol. The van der Waals surface area contributed by atoms with E-state index in [9.17, 15) is 4.79 Å². The van der Waals surface area contributed by atoms with Gasteiger partial charge in [-0.15, -0.1) is 0 Å². The number of para-hydroxylation sites is 1. The van der Waals surface area contributed by atoms with Crippen LogP contribution in [0.5, 0.6) is 0 Å². The maximum atomic E-state index is 11.5. The van der Waals surface area contributed by atoms with Gasteiger partial charge in [0, 0.05) is 6.54 Å². The van der Waals surface area contributed by atoms with Crippen molar-refractivity contribution in [1.82, 2.24) is 5.32 Å². The summed E-state index contributed by atoms with van der Waals surface area (Å²) in [4.78, 5) is 11.5. The van der Waals surface area contributed by atoms with Gasteiger partial charge in [0.1, 0.15) is 0 Å². The van der Waals surface area contributed by atoms with Gasteiger partial charge in [-0.05, 0) is 30.8 Å². The number of ether oxygens (including phenoxy) is 1. The summed E-state index contributed by atoms with van der Waals surface area (Å²) in [7, 11) is 1.35. The van der Waals surface area contributed by atoms with Crippen molar-refractivity contribution in [2.24, 2.45) is 0 Å². The first-order chi connectivity index (χ1) is 8.19. The van der Waals surface area contributed by atoms with E-state index in [0.29, 0.717) is 16.4 Å². The second-order valence-corrected chi connectivity index (χ2v) is 3.83. The zero-order valence-corrected chi connectivity index (χ0v) is 10.8. The lowest BCUT2D eigenvalue weighted by atomic mass is 10.2. The topological polar surface area (TPSA) is 50.4 Å². The van der Waals surface area contributed by atoms with Crippen LogP contribution >= 0.6 is 12.2 Å². The summed E-state index contributed by atoms with van der Waals surface area (Å²) in [6, 6.07) is 7.08. The fraction of sp³-hybridized carbons (Fsp3) is 0.333. The van der Waals surface area contributed by atoms with Gasteiger partial charge >= 0.3 is 5.97 Å². The minimum atomic E-state index is -0.383. The summed E-state index contributed by atoms with van der Waals surface area (Å²) in [5.41, 5.74) is 1.11. The number of carbonyl (C=O) groups is 1. The predicted octanol–water partition coefficient (Wildman–Crippen LogP) is 2.17. The number of nitrogens with one attached hydrogen (secondary N) is 2. The first-order valence-corrected chi connectivity index (χ1v) is 5.82. The second-order valence-electron chi connectivity index (χ2n) is 3.42. The number of thiocarbonyl (C=S) groups is 1. The van der Waals surface area contributed by atoms with Gasteiger partial charge in [0.2, 0.25) is 0 Å². The second kappa shape index (κ2) is 6.85. The van der Waals surface area contributed by atoms with Gasteiger partial charge in [-0.1, -0.05) is 19.1 Å². The largest absolute Gasteiger partial charge is 0.465 e. The number of anilines is 1. The predicted molar refractivity (Wildman–Crippen MR) is 72.3 cm³/mol. The van der Waals surface area contributed by atoms with Crippen molar-refractivity contribution in [1.29, 1.82) is 0 Å². The summed E-state index contributed by atoms with van der Waals surface area (Å²) in [6.07, 6.45) is 0.987. The molecule has 4 nitrogen and oxygen atoms in total. The highest BCUT2D eigenvalue weighted by atomic mass is 32.1. The number of carbonyl (C=O) groups excluding carboxylic acids is 1. The van der Waals surface area contributed by atoms with Gasteiger partial charge in [-0.2, -0.15) is 0 Å². The Bertz CT molecular complexity index is 407. The summed E-state index contributed by atoms with van der Waals surface area (Å²) >= 11 is 5.11. The molecule has 0 aromatic heterocycles. The van der Waals surface area contributed by atoms with Crippen LogP contribution in [0, 0.1) is 0 Å². The molecule has 5 heteroatoms. The molecule has 0 aliphatic rings. The maximum absolute atomic E-state index is 11.5. The van der Waals surface area contributed by atoms with E-state index in [0.717, 1.165) is 13.0 Å². The third kappa shape index (κ3) is 4.03. The van der Waals surface area contributed by atoms with Gasteiger partial charge in [-0.25, -0.2) is 4.79 Å². The fourth-order valence-electron chi connectivity index (χ4n) is 1.29. The Morgan fingerprint density at radius 3 is 2.76 bits per heavy atom. The van der Waals surface area contributed by atoms with Crippen LogP contribution in [0.2, 0.25) is 0 Å². The van der Waals surface area contributed by atoms with Crippen molar-refractivity contribution in [3.05, 3.63) is 29.8 Å². The van der Waals surface area contributed by atoms with Crippen molar-refractivity contribution in [2.45, 2.75) is 13.3 Å². The van der Waals surface area contributed by atoms with Crippen LogP contribution in [0.15, 0.2) is 24.3 Å². The lowest BCUT2D eigenvalue weighted by Crippen LogP contribution is -2.29. The van der Waals surface area contributed by atoms with Crippen LogP contribution in [-0.2, 0) is 4.74 Å². The quantitative estimate of drug-likeness (QED) is 0.635. The number of rotatable bonds is 4. The van der Waals surface area contributed by atoms with Gasteiger partial charge in [0.25, 0.3) is 0 Å². The molecule has 0 unspecified atom stereocenters. The Hall–Kier alpha value is -1.62. The zero-order chi connectivity index (χ0) is 12.7. The molecule has 0 bridgehead atoms. The molecule has 17 heavy (non-hydrogen) atoms. The molecule has 92 valence electrons. The molecular formula is C12H16N2O2S. The summed E-state index contributed by atoms with van der Waals surface area (Å²) in [5, 5.41) is 6.52. The molecule has 0 fully saturated rings. The third-order valence-corrected chi connectivity index (χ3v) is 2.36.